The molecule has 1 aliphatic heterocycles. The van der Waals surface area contributed by atoms with Crippen LogP contribution in [0.1, 0.15) is 37.7 Å². The largest absolute Gasteiger partial charge is 0.356 e. The number of hydrogen-bond donors (Lipinski definition) is 2. The van der Waals surface area contributed by atoms with Crippen molar-refractivity contribution < 1.29 is 4.79 Å². The second-order valence-electron chi connectivity index (χ2n) is 5.96. The van der Waals surface area contributed by atoms with Crippen LogP contribution in [0.2, 0.25) is 0 Å². The summed E-state index contributed by atoms with van der Waals surface area (Å²) in [6, 6.07) is 11.2. The smallest absolute Gasteiger partial charge is 0.220 e. The van der Waals surface area contributed by atoms with Crippen molar-refractivity contribution >= 4 is 5.91 Å². The molecule has 0 spiro atoms. The Balaban J connectivity index is 1.58. The van der Waals surface area contributed by atoms with Crippen molar-refractivity contribution in [3.05, 3.63) is 35.9 Å². The van der Waals surface area contributed by atoms with E-state index in [4.69, 9.17) is 0 Å². The van der Waals surface area contributed by atoms with Gasteiger partial charge >= 0.3 is 0 Å². The van der Waals surface area contributed by atoms with Gasteiger partial charge in [-0.3, -0.25) is 4.79 Å². The summed E-state index contributed by atoms with van der Waals surface area (Å²) in [6.45, 7) is 0.817. The van der Waals surface area contributed by atoms with E-state index in [9.17, 15) is 4.79 Å². The average Bonchev–Trinajstić information content (AvgIpc) is 3.18. The number of benzene rings is 1. The highest BCUT2D eigenvalue weighted by Crippen LogP contribution is 2.39. The van der Waals surface area contributed by atoms with E-state index in [1.165, 1.54) is 18.4 Å². The topological polar surface area (TPSA) is 41.1 Å². The molecule has 1 aromatic rings. The molecule has 1 amide bonds. The average molecular weight is 258 g/mol. The Labute approximate surface area is 114 Å². The van der Waals surface area contributed by atoms with E-state index >= 15 is 0 Å². The number of rotatable bonds is 4. The molecule has 2 aliphatic rings. The fraction of sp³-hybridized carbons (Fsp3) is 0.562. The van der Waals surface area contributed by atoms with E-state index < -0.39 is 0 Å². The van der Waals surface area contributed by atoms with Gasteiger partial charge < -0.3 is 10.6 Å². The lowest BCUT2D eigenvalue weighted by atomic mass is 10.0. The third-order valence-electron chi connectivity index (χ3n) is 4.28. The highest BCUT2D eigenvalue weighted by Gasteiger charge is 2.43. The van der Waals surface area contributed by atoms with Crippen molar-refractivity contribution in [3.63, 3.8) is 0 Å². The molecule has 3 rings (SSSR count). The van der Waals surface area contributed by atoms with E-state index in [0.29, 0.717) is 18.0 Å². The molecule has 0 radical (unpaired) electrons. The third-order valence-corrected chi connectivity index (χ3v) is 4.28. The lowest BCUT2D eigenvalue weighted by molar-refractivity contribution is -0.120. The van der Waals surface area contributed by atoms with E-state index in [-0.39, 0.29) is 5.91 Å². The normalized spacial score (nSPS) is 25.5. The SMILES string of the molecule is O=C1CCC(NC2(Cc3ccccc3)CC2)CCN1. The predicted octanol–water partition coefficient (Wildman–Crippen LogP) is 2.02. The maximum atomic E-state index is 11.4. The first kappa shape index (κ1) is 12.7. The second-order valence-corrected chi connectivity index (χ2v) is 5.96. The molecule has 3 heteroatoms. The zero-order valence-corrected chi connectivity index (χ0v) is 11.3. The van der Waals surface area contributed by atoms with Gasteiger partial charge in [-0.15, -0.1) is 0 Å². The van der Waals surface area contributed by atoms with E-state index in [2.05, 4.69) is 41.0 Å². The van der Waals surface area contributed by atoms with Crippen LogP contribution in [-0.2, 0) is 11.2 Å². The molecule has 0 aromatic heterocycles. The minimum absolute atomic E-state index is 0.206. The summed E-state index contributed by atoms with van der Waals surface area (Å²) < 4.78 is 0. The summed E-state index contributed by atoms with van der Waals surface area (Å²) in [4.78, 5) is 11.4. The summed E-state index contributed by atoms with van der Waals surface area (Å²) in [5, 5.41) is 6.77. The fourth-order valence-electron chi connectivity index (χ4n) is 3.01. The van der Waals surface area contributed by atoms with E-state index in [1.807, 2.05) is 0 Å². The number of carbonyl (C=O) groups excluding carboxylic acids is 1. The summed E-state index contributed by atoms with van der Waals surface area (Å²) in [5.74, 6) is 0.206. The molecule has 102 valence electrons. The standard InChI is InChI=1S/C16H22N2O/c19-15-7-6-14(8-11-17-15)18-16(9-10-16)12-13-4-2-1-3-5-13/h1-5,14,18H,6-12H2,(H,17,19). The van der Waals surface area contributed by atoms with Crippen molar-refractivity contribution in [1.82, 2.24) is 10.6 Å². The van der Waals surface area contributed by atoms with Crippen molar-refractivity contribution in [1.29, 1.82) is 0 Å². The summed E-state index contributed by atoms with van der Waals surface area (Å²) in [6.07, 6.45) is 6.34. The van der Waals surface area contributed by atoms with Crippen LogP contribution in [0.4, 0.5) is 0 Å². The Morgan fingerprint density at radius 1 is 1.21 bits per heavy atom. The molecule has 2 N–H and O–H groups in total. The Bertz CT molecular complexity index is 439. The number of nitrogens with one attached hydrogen (secondary N) is 2. The van der Waals surface area contributed by atoms with Gasteiger partial charge in [-0.2, -0.15) is 0 Å². The molecule has 1 unspecified atom stereocenters. The fourth-order valence-corrected chi connectivity index (χ4v) is 3.01. The van der Waals surface area contributed by atoms with Gasteiger partial charge in [-0.05, 0) is 37.7 Å². The molecular weight excluding hydrogens is 236 g/mol. The monoisotopic (exact) mass is 258 g/mol. The van der Waals surface area contributed by atoms with Gasteiger partial charge in [0.15, 0.2) is 0 Å². The Hall–Kier alpha value is -1.35. The van der Waals surface area contributed by atoms with Crippen LogP contribution in [0.5, 0.6) is 0 Å². The van der Waals surface area contributed by atoms with Crippen molar-refractivity contribution in [2.75, 3.05) is 6.54 Å². The van der Waals surface area contributed by atoms with Gasteiger partial charge in [-0.1, -0.05) is 30.3 Å². The Kier molecular flexibility index (Phi) is 3.56. The van der Waals surface area contributed by atoms with Gasteiger partial charge in [0, 0.05) is 24.5 Å². The minimum Gasteiger partial charge on any atom is -0.356 e. The number of hydrogen-bond acceptors (Lipinski definition) is 2. The molecule has 1 aliphatic carbocycles. The lowest BCUT2D eigenvalue weighted by Gasteiger charge is -2.24. The maximum absolute atomic E-state index is 11.4. The highest BCUT2D eigenvalue weighted by atomic mass is 16.1. The molecule has 0 bridgehead atoms. The van der Waals surface area contributed by atoms with Crippen LogP contribution in [0.3, 0.4) is 0 Å². The number of carbonyl (C=O) groups is 1. The summed E-state index contributed by atoms with van der Waals surface area (Å²) in [5.41, 5.74) is 1.72. The first-order valence-electron chi connectivity index (χ1n) is 7.34. The van der Waals surface area contributed by atoms with Gasteiger partial charge in [0.05, 0.1) is 0 Å². The number of amides is 1. The van der Waals surface area contributed by atoms with Crippen molar-refractivity contribution in [2.24, 2.45) is 0 Å². The molecule has 1 saturated heterocycles. The van der Waals surface area contributed by atoms with Gasteiger partial charge in [0.1, 0.15) is 0 Å². The molecule has 19 heavy (non-hydrogen) atoms. The summed E-state index contributed by atoms with van der Waals surface area (Å²) >= 11 is 0. The summed E-state index contributed by atoms with van der Waals surface area (Å²) in [7, 11) is 0. The quantitative estimate of drug-likeness (QED) is 0.867. The lowest BCUT2D eigenvalue weighted by Crippen LogP contribution is -2.42. The molecule has 1 heterocycles. The Morgan fingerprint density at radius 2 is 2.00 bits per heavy atom. The van der Waals surface area contributed by atoms with Crippen molar-refractivity contribution in [3.8, 4) is 0 Å². The van der Waals surface area contributed by atoms with Crippen molar-refractivity contribution in [2.45, 2.75) is 50.1 Å². The maximum Gasteiger partial charge on any atom is 0.220 e. The first-order valence-corrected chi connectivity index (χ1v) is 7.34. The molecule has 1 aromatic carbocycles. The second kappa shape index (κ2) is 5.33. The predicted molar refractivity (Wildman–Crippen MR) is 75.9 cm³/mol. The molecule has 3 nitrogen and oxygen atoms in total. The van der Waals surface area contributed by atoms with E-state index in [1.54, 1.807) is 0 Å². The van der Waals surface area contributed by atoms with Crippen LogP contribution < -0.4 is 10.6 Å². The highest BCUT2D eigenvalue weighted by molar-refractivity contribution is 5.76. The van der Waals surface area contributed by atoms with Crippen LogP contribution in [0, 0.1) is 0 Å². The molecule has 1 saturated carbocycles. The van der Waals surface area contributed by atoms with Crippen LogP contribution in [0.15, 0.2) is 30.3 Å². The molecule has 1 atom stereocenters. The van der Waals surface area contributed by atoms with Gasteiger partial charge in [0.2, 0.25) is 5.91 Å². The first-order chi connectivity index (χ1) is 9.26. The van der Waals surface area contributed by atoms with Gasteiger partial charge in [0.25, 0.3) is 0 Å². The van der Waals surface area contributed by atoms with Crippen LogP contribution in [0.25, 0.3) is 0 Å². The van der Waals surface area contributed by atoms with Crippen LogP contribution >= 0.6 is 0 Å². The van der Waals surface area contributed by atoms with Crippen LogP contribution in [-0.4, -0.2) is 24.0 Å². The zero-order chi connectivity index (χ0) is 13.1. The van der Waals surface area contributed by atoms with E-state index in [0.717, 1.165) is 25.8 Å². The van der Waals surface area contributed by atoms with Gasteiger partial charge in [-0.25, -0.2) is 0 Å². The third kappa shape index (κ3) is 3.35. The molecular formula is C16H22N2O. The Morgan fingerprint density at radius 3 is 2.74 bits per heavy atom. The molecule has 2 fully saturated rings. The zero-order valence-electron chi connectivity index (χ0n) is 11.3. The minimum atomic E-state index is 0.206.